The Morgan fingerprint density at radius 1 is 1.24 bits per heavy atom. The van der Waals surface area contributed by atoms with Crippen LogP contribution >= 0.6 is 0 Å². The summed E-state index contributed by atoms with van der Waals surface area (Å²) in [7, 11) is 0. The van der Waals surface area contributed by atoms with Gasteiger partial charge in [0.05, 0.1) is 0 Å². The third-order valence-electron chi connectivity index (χ3n) is 5.13. The molecular formula is C15H30N2. The summed E-state index contributed by atoms with van der Waals surface area (Å²) >= 11 is 0. The molecule has 1 aliphatic heterocycles. The van der Waals surface area contributed by atoms with Crippen LogP contribution in [-0.2, 0) is 0 Å². The van der Waals surface area contributed by atoms with Crippen molar-refractivity contribution in [1.82, 2.24) is 10.2 Å². The molecule has 2 heteroatoms. The fourth-order valence-corrected chi connectivity index (χ4v) is 3.14. The Hall–Kier alpha value is -0.0800. The Balaban J connectivity index is 1.72. The maximum atomic E-state index is 3.86. The summed E-state index contributed by atoms with van der Waals surface area (Å²) in [6.45, 7) is 12.2. The third kappa shape index (κ3) is 3.45. The van der Waals surface area contributed by atoms with Crippen LogP contribution in [0.5, 0.6) is 0 Å². The number of nitrogens with zero attached hydrogens (tertiary/aromatic N) is 1. The topological polar surface area (TPSA) is 15.3 Å². The van der Waals surface area contributed by atoms with E-state index in [9.17, 15) is 0 Å². The molecule has 1 N–H and O–H groups in total. The van der Waals surface area contributed by atoms with Crippen LogP contribution in [0.2, 0.25) is 0 Å². The average Bonchev–Trinajstić information content (AvgIpc) is 3.11. The molecule has 0 radical (unpaired) electrons. The molecule has 1 atom stereocenters. The molecule has 1 heterocycles. The lowest BCUT2D eigenvalue weighted by Gasteiger charge is -2.24. The second kappa shape index (κ2) is 5.71. The average molecular weight is 238 g/mol. The van der Waals surface area contributed by atoms with Crippen molar-refractivity contribution in [1.29, 1.82) is 0 Å². The Labute approximate surface area is 107 Å². The van der Waals surface area contributed by atoms with Gasteiger partial charge in [-0.25, -0.2) is 0 Å². The minimum absolute atomic E-state index is 0.663. The zero-order valence-corrected chi connectivity index (χ0v) is 12.0. The van der Waals surface area contributed by atoms with Crippen molar-refractivity contribution in [3.63, 3.8) is 0 Å². The van der Waals surface area contributed by atoms with Crippen LogP contribution in [0.25, 0.3) is 0 Å². The highest BCUT2D eigenvalue weighted by atomic mass is 15.1. The van der Waals surface area contributed by atoms with E-state index in [0.717, 1.165) is 12.0 Å². The molecule has 0 spiro atoms. The molecule has 1 aliphatic carbocycles. The van der Waals surface area contributed by atoms with E-state index < -0.39 is 0 Å². The fraction of sp³-hybridized carbons (Fsp3) is 1.00. The van der Waals surface area contributed by atoms with E-state index in [1.54, 1.807) is 0 Å². The predicted octanol–water partition coefficient (Wildman–Crippen LogP) is 2.89. The first-order chi connectivity index (χ1) is 8.16. The second-order valence-electron chi connectivity index (χ2n) is 6.46. The first-order valence-corrected chi connectivity index (χ1v) is 7.62. The lowest BCUT2D eigenvalue weighted by molar-refractivity contribution is 0.288. The molecular weight excluding hydrogens is 208 g/mol. The molecule has 2 nitrogen and oxygen atoms in total. The number of nitrogens with one attached hydrogen (secondary N) is 1. The van der Waals surface area contributed by atoms with Crippen LogP contribution < -0.4 is 5.32 Å². The molecule has 100 valence electrons. The molecule has 1 unspecified atom stereocenters. The molecule has 0 bridgehead atoms. The van der Waals surface area contributed by atoms with Crippen molar-refractivity contribution >= 4 is 0 Å². The Bertz CT molecular complexity index is 233. The first-order valence-electron chi connectivity index (χ1n) is 7.62. The summed E-state index contributed by atoms with van der Waals surface area (Å²) < 4.78 is 0. The van der Waals surface area contributed by atoms with Crippen LogP contribution in [0.3, 0.4) is 0 Å². The maximum absolute atomic E-state index is 3.86. The monoisotopic (exact) mass is 238 g/mol. The van der Waals surface area contributed by atoms with E-state index in [-0.39, 0.29) is 0 Å². The van der Waals surface area contributed by atoms with Gasteiger partial charge in [-0.2, -0.15) is 0 Å². The van der Waals surface area contributed by atoms with E-state index >= 15 is 0 Å². The summed E-state index contributed by atoms with van der Waals surface area (Å²) in [5.74, 6) is 0.855. The van der Waals surface area contributed by atoms with Gasteiger partial charge in [0, 0.05) is 12.6 Å². The number of hydrogen-bond acceptors (Lipinski definition) is 2. The van der Waals surface area contributed by atoms with Gasteiger partial charge in [-0.15, -0.1) is 0 Å². The molecule has 0 aromatic carbocycles. The Morgan fingerprint density at radius 2 is 2.00 bits per heavy atom. The third-order valence-corrected chi connectivity index (χ3v) is 5.13. The molecule has 2 fully saturated rings. The van der Waals surface area contributed by atoms with Crippen molar-refractivity contribution in [2.24, 2.45) is 11.3 Å². The molecule has 0 amide bonds. The van der Waals surface area contributed by atoms with Crippen molar-refractivity contribution in [3.8, 4) is 0 Å². The quantitative estimate of drug-likeness (QED) is 0.792. The first kappa shape index (κ1) is 13.4. The zero-order chi connectivity index (χ0) is 12.3. The minimum atomic E-state index is 0.663. The van der Waals surface area contributed by atoms with Gasteiger partial charge in [-0.1, -0.05) is 20.8 Å². The lowest BCUT2D eigenvalue weighted by Crippen LogP contribution is -2.36. The summed E-state index contributed by atoms with van der Waals surface area (Å²) in [5.41, 5.74) is 0.663. The van der Waals surface area contributed by atoms with E-state index in [0.29, 0.717) is 5.41 Å². The van der Waals surface area contributed by atoms with Crippen molar-refractivity contribution < 1.29 is 0 Å². The summed E-state index contributed by atoms with van der Waals surface area (Å²) in [6, 6.07) is 0.780. The normalized spacial score (nSPS) is 29.3. The van der Waals surface area contributed by atoms with Gasteiger partial charge < -0.3 is 10.2 Å². The van der Waals surface area contributed by atoms with Gasteiger partial charge in [-0.05, 0) is 63.1 Å². The van der Waals surface area contributed by atoms with Crippen LogP contribution in [0, 0.1) is 11.3 Å². The summed E-state index contributed by atoms with van der Waals surface area (Å²) in [6.07, 6.45) is 7.00. The van der Waals surface area contributed by atoms with Gasteiger partial charge >= 0.3 is 0 Å². The molecule has 1 saturated heterocycles. The summed E-state index contributed by atoms with van der Waals surface area (Å²) in [4.78, 5) is 2.59. The van der Waals surface area contributed by atoms with E-state index in [1.807, 2.05) is 0 Å². The number of hydrogen-bond donors (Lipinski definition) is 1. The zero-order valence-electron chi connectivity index (χ0n) is 12.0. The van der Waals surface area contributed by atoms with Crippen LogP contribution in [0.4, 0.5) is 0 Å². The van der Waals surface area contributed by atoms with E-state index in [2.05, 4.69) is 31.0 Å². The van der Waals surface area contributed by atoms with Crippen molar-refractivity contribution in [2.75, 3.05) is 26.2 Å². The van der Waals surface area contributed by atoms with Gasteiger partial charge in [0.15, 0.2) is 0 Å². The van der Waals surface area contributed by atoms with E-state index in [1.165, 1.54) is 58.3 Å². The Morgan fingerprint density at radius 3 is 2.59 bits per heavy atom. The predicted molar refractivity (Wildman–Crippen MR) is 74.3 cm³/mol. The molecule has 2 aliphatic rings. The lowest BCUT2D eigenvalue weighted by atomic mass is 9.92. The largest absolute Gasteiger partial charge is 0.313 e. The molecule has 0 aromatic heterocycles. The highest BCUT2D eigenvalue weighted by molar-refractivity contribution is 4.97. The van der Waals surface area contributed by atoms with Gasteiger partial charge in [0.2, 0.25) is 0 Å². The highest BCUT2D eigenvalue weighted by Crippen LogP contribution is 2.51. The summed E-state index contributed by atoms with van der Waals surface area (Å²) in [5, 5.41) is 3.86. The molecule has 1 saturated carbocycles. The molecule has 17 heavy (non-hydrogen) atoms. The molecule has 2 rings (SSSR count). The van der Waals surface area contributed by atoms with E-state index in [4.69, 9.17) is 0 Å². The molecule has 0 aromatic rings. The minimum Gasteiger partial charge on any atom is -0.313 e. The SMILES string of the molecule is CCN1CCCC(NCC2(C(C)C)CC2)CC1. The number of likely N-dealkylation sites (tertiary alicyclic amines) is 1. The number of rotatable bonds is 5. The Kier molecular flexibility index (Phi) is 4.48. The maximum Gasteiger partial charge on any atom is 0.00799 e. The van der Waals surface area contributed by atoms with Crippen molar-refractivity contribution in [3.05, 3.63) is 0 Å². The van der Waals surface area contributed by atoms with Gasteiger partial charge in [0.25, 0.3) is 0 Å². The van der Waals surface area contributed by atoms with Crippen LogP contribution in [0.15, 0.2) is 0 Å². The van der Waals surface area contributed by atoms with Gasteiger partial charge in [0.1, 0.15) is 0 Å². The smallest absolute Gasteiger partial charge is 0.00799 e. The van der Waals surface area contributed by atoms with Gasteiger partial charge in [-0.3, -0.25) is 0 Å². The van der Waals surface area contributed by atoms with Crippen molar-refractivity contribution in [2.45, 2.75) is 58.9 Å². The van der Waals surface area contributed by atoms with Crippen LogP contribution in [0.1, 0.15) is 52.9 Å². The fourth-order valence-electron chi connectivity index (χ4n) is 3.14. The second-order valence-corrected chi connectivity index (χ2v) is 6.46. The van der Waals surface area contributed by atoms with Crippen LogP contribution in [-0.4, -0.2) is 37.1 Å². The standard InChI is InChI=1S/C15H30N2/c1-4-17-10-5-6-14(7-11-17)16-12-15(8-9-15)13(2)3/h13-14,16H,4-12H2,1-3H3. The highest BCUT2D eigenvalue weighted by Gasteiger charge is 2.45.